The predicted molar refractivity (Wildman–Crippen MR) is 121 cm³/mol. The van der Waals surface area contributed by atoms with Gasteiger partial charge in [0.25, 0.3) is 0 Å². The van der Waals surface area contributed by atoms with Crippen molar-refractivity contribution in [2.75, 3.05) is 39.0 Å². The summed E-state index contributed by atoms with van der Waals surface area (Å²) in [5.74, 6) is 0.582. The van der Waals surface area contributed by atoms with Gasteiger partial charge in [-0.3, -0.25) is 4.99 Å². The van der Waals surface area contributed by atoms with Gasteiger partial charge in [0.2, 0.25) is 10.0 Å². The highest BCUT2D eigenvalue weighted by atomic mass is 32.2. The van der Waals surface area contributed by atoms with E-state index < -0.39 is 10.0 Å². The van der Waals surface area contributed by atoms with Gasteiger partial charge >= 0.3 is 0 Å². The molecule has 1 unspecified atom stereocenters. The summed E-state index contributed by atoms with van der Waals surface area (Å²) in [6.45, 7) is 4.13. The fourth-order valence-electron chi connectivity index (χ4n) is 3.61. The molecule has 166 valence electrons. The van der Waals surface area contributed by atoms with Gasteiger partial charge in [-0.25, -0.2) is 13.1 Å². The van der Waals surface area contributed by atoms with E-state index in [0.29, 0.717) is 25.7 Å². The van der Waals surface area contributed by atoms with Crippen molar-refractivity contribution in [3.8, 4) is 0 Å². The van der Waals surface area contributed by atoms with Crippen LogP contribution in [0.2, 0.25) is 0 Å². The topological polar surface area (TPSA) is 108 Å². The number of ether oxygens (including phenoxy) is 1. The van der Waals surface area contributed by atoms with E-state index in [1.54, 1.807) is 7.05 Å². The Hall–Kier alpha value is -2.10. The van der Waals surface area contributed by atoms with E-state index in [-0.39, 0.29) is 18.4 Å². The van der Waals surface area contributed by atoms with Crippen LogP contribution in [0.4, 0.5) is 0 Å². The molecule has 30 heavy (non-hydrogen) atoms. The van der Waals surface area contributed by atoms with Crippen LogP contribution in [-0.2, 0) is 21.2 Å². The number of nitrogens with one attached hydrogen (secondary N) is 4. The maximum Gasteiger partial charge on any atom is 0.213 e. The maximum atomic E-state index is 12.2. The molecule has 0 aliphatic carbocycles. The van der Waals surface area contributed by atoms with Crippen LogP contribution in [0.1, 0.15) is 30.4 Å². The van der Waals surface area contributed by atoms with E-state index in [0.717, 1.165) is 31.2 Å². The van der Waals surface area contributed by atoms with E-state index in [2.05, 4.69) is 50.5 Å². The third kappa shape index (κ3) is 6.72. The number of aromatic amines is 1. The number of H-pyrrole nitrogens is 1. The highest BCUT2D eigenvalue weighted by Gasteiger charge is 2.17. The Morgan fingerprint density at radius 3 is 2.87 bits per heavy atom. The van der Waals surface area contributed by atoms with Crippen LogP contribution >= 0.6 is 0 Å². The summed E-state index contributed by atoms with van der Waals surface area (Å²) in [4.78, 5) is 7.48. The number of fused-ring (bicyclic) bond motifs is 1. The second kappa shape index (κ2) is 10.8. The number of aryl methyl sites for hydroxylation is 1. The van der Waals surface area contributed by atoms with E-state index >= 15 is 0 Å². The average molecular weight is 436 g/mol. The smallest absolute Gasteiger partial charge is 0.213 e. The molecule has 0 radical (unpaired) electrons. The molecule has 0 spiro atoms. The fourth-order valence-corrected chi connectivity index (χ4v) is 4.56. The van der Waals surface area contributed by atoms with Crippen molar-refractivity contribution in [3.05, 3.63) is 35.5 Å². The molecule has 1 saturated heterocycles. The lowest BCUT2D eigenvalue weighted by Gasteiger charge is -2.22. The molecular formula is C21H33N5O3S. The Kier molecular flexibility index (Phi) is 8.12. The molecule has 0 saturated carbocycles. The molecule has 9 heteroatoms. The van der Waals surface area contributed by atoms with Gasteiger partial charge in [-0.2, -0.15) is 0 Å². The molecule has 8 nitrogen and oxygen atoms in total. The zero-order chi connectivity index (χ0) is 21.4. The zero-order valence-corrected chi connectivity index (χ0v) is 18.6. The Bertz CT molecular complexity index is 949. The number of nitrogens with zero attached hydrogens (tertiary/aromatic N) is 1. The van der Waals surface area contributed by atoms with Gasteiger partial charge in [-0.15, -0.1) is 0 Å². The molecule has 1 fully saturated rings. The van der Waals surface area contributed by atoms with Crippen molar-refractivity contribution in [2.24, 2.45) is 4.99 Å². The van der Waals surface area contributed by atoms with Crippen molar-refractivity contribution in [1.82, 2.24) is 20.3 Å². The van der Waals surface area contributed by atoms with Crippen LogP contribution in [-0.4, -0.2) is 64.5 Å². The minimum atomic E-state index is -3.35. The quantitative estimate of drug-likeness (QED) is 0.354. The van der Waals surface area contributed by atoms with Gasteiger partial charge in [0.1, 0.15) is 0 Å². The second-order valence-corrected chi connectivity index (χ2v) is 9.62. The minimum Gasteiger partial charge on any atom is -0.377 e. The van der Waals surface area contributed by atoms with Crippen LogP contribution < -0.4 is 15.4 Å². The van der Waals surface area contributed by atoms with Crippen LogP contribution in [0.3, 0.4) is 0 Å². The van der Waals surface area contributed by atoms with Crippen LogP contribution in [0.5, 0.6) is 0 Å². The predicted octanol–water partition coefficient (Wildman–Crippen LogP) is 1.67. The normalized spacial score (nSPS) is 17.9. The van der Waals surface area contributed by atoms with E-state index in [1.807, 2.05) is 6.20 Å². The summed E-state index contributed by atoms with van der Waals surface area (Å²) in [5.41, 5.74) is 3.61. The number of hydrogen-bond acceptors (Lipinski definition) is 4. The molecule has 0 amide bonds. The van der Waals surface area contributed by atoms with Gasteiger partial charge in [-0.05, 0) is 49.8 Å². The van der Waals surface area contributed by atoms with Crippen LogP contribution in [0.25, 0.3) is 10.9 Å². The van der Waals surface area contributed by atoms with Crippen molar-refractivity contribution < 1.29 is 13.2 Å². The fraction of sp³-hybridized carbons (Fsp3) is 0.571. The maximum absolute atomic E-state index is 12.2. The van der Waals surface area contributed by atoms with E-state index in [1.165, 1.54) is 16.5 Å². The molecule has 0 bridgehead atoms. The minimum absolute atomic E-state index is 0.00987. The molecule has 1 aromatic carbocycles. The lowest BCUT2D eigenvalue weighted by Crippen LogP contribution is -2.43. The number of rotatable bonds is 9. The summed E-state index contributed by atoms with van der Waals surface area (Å²) in [6, 6.07) is 6.39. The molecule has 1 aliphatic rings. The first-order chi connectivity index (χ1) is 14.5. The number of guanidine groups is 1. The third-order valence-electron chi connectivity index (χ3n) is 5.30. The van der Waals surface area contributed by atoms with Gasteiger partial charge in [0, 0.05) is 50.4 Å². The first kappa shape index (κ1) is 22.6. The zero-order valence-electron chi connectivity index (χ0n) is 17.8. The Balaban J connectivity index is 1.37. The number of aliphatic imine (C=N–C) groups is 1. The van der Waals surface area contributed by atoms with Gasteiger partial charge in [-0.1, -0.05) is 12.1 Å². The Morgan fingerprint density at radius 1 is 1.27 bits per heavy atom. The first-order valence-electron chi connectivity index (χ1n) is 10.6. The van der Waals surface area contributed by atoms with Gasteiger partial charge in [0.05, 0.1) is 11.9 Å². The van der Waals surface area contributed by atoms with Crippen molar-refractivity contribution in [3.63, 3.8) is 0 Å². The summed E-state index contributed by atoms with van der Waals surface area (Å²) in [7, 11) is -1.67. The molecule has 4 N–H and O–H groups in total. The SMILES string of the molecule is CN=C(NCCc1c[nH]c2cc(C)ccc12)NCCS(=O)(=O)NCC1CCCCO1. The lowest BCUT2D eigenvalue weighted by atomic mass is 10.1. The number of hydrogen-bond donors (Lipinski definition) is 4. The summed E-state index contributed by atoms with van der Waals surface area (Å²) < 4.78 is 32.6. The molecule has 2 heterocycles. The summed E-state index contributed by atoms with van der Waals surface area (Å²) >= 11 is 0. The molecule has 1 atom stereocenters. The van der Waals surface area contributed by atoms with Crippen LogP contribution in [0, 0.1) is 6.92 Å². The van der Waals surface area contributed by atoms with Gasteiger partial charge < -0.3 is 20.4 Å². The molecular weight excluding hydrogens is 402 g/mol. The van der Waals surface area contributed by atoms with Crippen molar-refractivity contribution >= 4 is 26.9 Å². The highest BCUT2D eigenvalue weighted by Crippen LogP contribution is 2.19. The highest BCUT2D eigenvalue weighted by molar-refractivity contribution is 7.89. The molecule has 1 aromatic heterocycles. The molecule has 3 rings (SSSR count). The second-order valence-electron chi connectivity index (χ2n) is 7.69. The largest absolute Gasteiger partial charge is 0.377 e. The van der Waals surface area contributed by atoms with E-state index in [4.69, 9.17) is 4.74 Å². The monoisotopic (exact) mass is 435 g/mol. The van der Waals surface area contributed by atoms with Crippen LogP contribution in [0.15, 0.2) is 29.4 Å². The summed E-state index contributed by atoms with van der Waals surface area (Å²) in [5, 5.41) is 7.54. The Labute approximate surface area is 178 Å². The standard InChI is InChI=1S/C21H33N5O3S/c1-16-6-7-19-17(14-25-20(19)13-16)8-9-23-21(22-2)24-10-12-30(27,28)26-15-18-5-3-4-11-29-18/h6-7,13-14,18,25-26H,3-5,8-12,15H2,1-2H3,(H2,22,23,24). The van der Waals surface area contributed by atoms with Crippen molar-refractivity contribution in [1.29, 1.82) is 0 Å². The lowest BCUT2D eigenvalue weighted by molar-refractivity contribution is 0.0200. The Morgan fingerprint density at radius 2 is 2.10 bits per heavy atom. The van der Waals surface area contributed by atoms with Gasteiger partial charge in [0.15, 0.2) is 5.96 Å². The van der Waals surface area contributed by atoms with Crippen molar-refractivity contribution in [2.45, 2.75) is 38.7 Å². The number of aromatic nitrogens is 1. The first-order valence-corrected chi connectivity index (χ1v) is 12.2. The molecule has 1 aliphatic heterocycles. The van der Waals surface area contributed by atoms with E-state index in [9.17, 15) is 8.42 Å². The number of benzene rings is 1. The third-order valence-corrected chi connectivity index (χ3v) is 6.65. The average Bonchev–Trinajstić information content (AvgIpc) is 3.14. The summed E-state index contributed by atoms with van der Waals surface area (Å²) in [6.07, 6.45) is 5.92. The molecule has 2 aromatic rings. The number of sulfonamides is 1.